The zero-order chi connectivity index (χ0) is 13.9. The minimum atomic E-state index is -3.27. The Morgan fingerprint density at radius 3 is 2.56 bits per heavy atom. The summed E-state index contributed by atoms with van der Waals surface area (Å²) in [5.41, 5.74) is -3.21. The number of benzene rings is 1. The Labute approximate surface area is 99.5 Å². The minimum absolute atomic E-state index is 0.400. The number of methoxy groups -OCH3 is 1. The molecule has 0 aliphatic heterocycles. The predicted octanol–water partition coefficient (Wildman–Crippen LogP) is 2.19. The Hall–Kier alpha value is -2.56. The van der Waals surface area contributed by atoms with Crippen LogP contribution in [0.1, 0.15) is 27.9 Å². The van der Waals surface area contributed by atoms with Gasteiger partial charge in [-0.2, -0.15) is 5.26 Å². The average molecular weight is 256 g/mol. The quantitative estimate of drug-likeness (QED) is 0.469. The van der Waals surface area contributed by atoms with Crippen molar-refractivity contribution in [1.82, 2.24) is 0 Å². The van der Waals surface area contributed by atoms with Gasteiger partial charge in [-0.15, -0.1) is 0 Å². The van der Waals surface area contributed by atoms with Crippen LogP contribution in [0.5, 0.6) is 0 Å². The Kier molecular flexibility index (Phi) is 3.89. The topological polar surface area (TPSA) is 93.2 Å². The summed E-state index contributed by atoms with van der Waals surface area (Å²) < 4.78 is 29.9. The third kappa shape index (κ3) is 2.24. The highest BCUT2D eigenvalue weighted by molar-refractivity contribution is 5.95. The van der Waals surface area contributed by atoms with Gasteiger partial charge >= 0.3 is 5.97 Å². The Morgan fingerprint density at radius 1 is 1.56 bits per heavy atom. The molecular weight excluding hydrogens is 250 g/mol. The number of ether oxygens (including phenoxy) is 1. The number of hydrogen-bond donors (Lipinski definition) is 0. The molecule has 0 unspecified atom stereocenters. The lowest BCUT2D eigenvalue weighted by molar-refractivity contribution is -0.386. The van der Waals surface area contributed by atoms with E-state index in [2.05, 4.69) is 4.74 Å². The fraction of sp³-hybridized carbons (Fsp3) is 0.200. The van der Waals surface area contributed by atoms with Crippen LogP contribution in [0.15, 0.2) is 12.1 Å². The van der Waals surface area contributed by atoms with Crippen molar-refractivity contribution in [2.24, 2.45) is 0 Å². The number of nitro groups is 1. The molecule has 0 radical (unpaired) electrons. The molecule has 1 rings (SSSR count). The number of nitriles is 1. The maximum absolute atomic E-state index is 12.8. The molecule has 0 spiro atoms. The molecule has 1 aromatic carbocycles. The van der Waals surface area contributed by atoms with Crippen molar-refractivity contribution in [3.05, 3.63) is 38.9 Å². The van der Waals surface area contributed by atoms with Crippen molar-refractivity contribution >= 4 is 11.7 Å². The van der Waals surface area contributed by atoms with Crippen molar-refractivity contribution < 1.29 is 23.2 Å². The highest BCUT2D eigenvalue weighted by Gasteiger charge is 2.31. The molecular formula is C10H6F2N2O4. The Morgan fingerprint density at radius 2 is 2.17 bits per heavy atom. The number of carbonyl (C=O) groups is 1. The molecule has 0 saturated carbocycles. The van der Waals surface area contributed by atoms with Crippen molar-refractivity contribution in [2.75, 3.05) is 7.11 Å². The molecule has 0 N–H and O–H groups in total. The molecule has 0 atom stereocenters. The van der Waals surface area contributed by atoms with Gasteiger partial charge in [0.25, 0.3) is 12.1 Å². The number of nitrogens with zero attached hydrogens (tertiary/aromatic N) is 2. The van der Waals surface area contributed by atoms with E-state index in [1.54, 1.807) is 0 Å². The third-order valence-corrected chi connectivity index (χ3v) is 2.15. The van der Waals surface area contributed by atoms with Gasteiger partial charge in [0.1, 0.15) is 11.6 Å². The van der Waals surface area contributed by atoms with Gasteiger partial charge in [0.15, 0.2) is 0 Å². The van der Waals surface area contributed by atoms with Crippen molar-refractivity contribution in [3.63, 3.8) is 0 Å². The first kappa shape index (κ1) is 13.5. The lowest BCUT2D eigenvalue weighted by atomic mass is 10.00. The lowest BCUT2D eigenvalue weighted by Crippen LogP contribution is -2.11. The van der Waals surface area contributed by atoms with Gasteiger partial charge in [-0.05, 0) is 6.07 Å². The highest BCUT2D eigenvalue weighted by Crippen LogP contribution is 2.34. The van der Waals surface area contributed by atoms with Crippen LogP contribution in [0.2, 0.25) is 0 Å². The normalized spacial score (nSPS) is 9.94. The van der Waals surface area contributed by atoms with E-state index >= 15 is 0 Å². The zero-order valence-electron chi connectivity index (χ0n) is 9.02. The summed E-state index contributed by atoms with van der Waals surface area (Å²) >= 11 is 0. The maximum Gasteiger partial charge on any atom is 0.339 e. The predicted molar refractivity (Wildman–Crippen MR) is 54.1 cm³/mol. The molecule has 0 amide bonds. The summed E-state index contributed by atoms with van der Waals surface area (Å²) in [5.74, 6) is -1.22. The molecule has 94 valence electrons. The van der Waals surface area contributed by atoms with Gasteiger partial charge in [0, 0.05) is 6.07 Å². The molecule has 0 aromatic heterocycles. The molecule has 0 fully saturated rings. The molecule has 0 heterocycles. The van der Waals surface area contributed by atoms with Crippen molar-refractivity contribution in [3.8, 4) is 6.07 Å². The summed E-state index contributed by atoms with van der Waals surface area (Å²) in [6.45, 7) is 0. The molecule has 0 saturated heterocycles. The van der Waals surface area contributed by atoms with Gasteiger partial charge in [-0.3, -0.25) is 10.1 Å². The van der Waals surface area contributed by atoms with E-state index in [1.807, 2.05) is 0 Å². The first-order valence-electron chi connectivity index (χ1n) is 4.51. The summed E-state index contributed by atoms with van der Waals surface area (Å²) in [5, 5.41) is 19.4. The van der Waals surface area contributed by atoms with E-state index in [0.29, 0.717) is 0 Å². The number of halogens is 2. The summed E-state index contributed by atoms with van der Waals surface area (Å²) in [7, 11) is 0.928. The minimum Gasteiger partial charge on any atom is -0.465 e. The highest BCUT2D eigenvalue weighted by atomic mass is 19.3. The van der Waals surface area contributed by atoms with E-state index in [-0.39, 0.29) is 0 Å². The van der Waals surface area contributed by atoms with E-state index in [0.717, 1.165) is 19.2 Å². The third-order valence-electron chi connectivity index (χ3n) is 2.15. The average Bonchev–Trinajstić information content (AvgIpc) is 2.35. The zero-order valence-corrected chi connectivity index (χ0v) is 9.02. The summed E-state index contributed by atoms with van der Waals surface area (Å²) in [6, 6.07) is 3.20. The van der Waals surface area contributed by atoms with Crippen LogP contribution >= 0.6 is 0 Å². The summed E-state index contributed by atoms with van der Waals surface area (Å²) in [6.07, 6.45) is -3.27. The van der Waals surface area contributed by atoms with Gasteiger partial charge in [-0.1, -0.05) is 0 Å². The number of nitro benzene ring substituents is 1. The summed E-state index contributed by atoms with van der Waals surface area (Å²) in [4.78, 5) is 20.9. The molecule has 0 aliphatic carbocycles. The van der Waals surface area contributed by atoms with E-state index in [9.17, 15) is 23.7 Å². The van der Waals surface area contributed by atoms with Crippen molar-refractivity contribution in [2.45, 2.75) is 6.43 Å². The Balaban J connectivity index is 3.71. The molecule has 0 bridgehead atoms. The number of rotatable bonds is 3. The van der Waals surface area contributed by atoms with E-state index in [4.69, 9.17) is 5.26 Å². The number of esters is 1. The van der Waals surface area contributed by atoms with Crippen LogP contribution in [-0.2, 0) is 4.74 Å². The van der Waals surface area contributed by atoms with Crippen LogP contribution < -0.4 is 0 Å². The number of hydrogen-bond acceptors (Lipinski definition) is 5. The van der Waals surface area contributed by atoms with Gasteiger partial charge in [-0.25, -0.2) is 13.6 Å². The molecule has 0 aliphatic rings. The van der Waals surface area contributed by atoms with E-state index < -0.39 is 39.7 Å². The molecule has 1 aromatic rings. The smallest absolute Gasteiger partial charge is 0.339 e. The fourth-order valence-electron chi connectivity index (χ4n) is 1.40. The van der Waals surface area contributed by atoms with Crippen LogP contribution in [0.4, 0.5) is 14.5 Å². The van der Waals surface area contributed by atoms with Gasteiger partial charge in [0.05, 0.1) is 23.2 Å². The van der Waals surface area contributed by atoms with Crippen LogP contribution in [0.3, 0.4) is 0 Å². The van der Waals surface area contributed by atoms with E-state index in [1.165, 1.54) is 6.07 Å². The lowest BCUT2D eigenvalue weighted by Gasteiger charge is -2.09. The van der Waals surface area contributed by atoms with Crippen LogP contribution in [-0.4, -0.2) is 18.0 Å². The standard InChI is InChI=1S/C10H6F2N2O4/c1-18-10(15)7-5(4-13)2-3-6(14(16)17)8(7)9(11)12/h2-3,9H,1H3. The van der Waals surface area contributed by atoms with Crippen LogP contribution in [0, 0.1) is 21.4 Å². The monoisotopic (exact) mass is 256 g/mol. The Bertz CT molecular complexity index is 552. The number of alkyl halides is 2. The van der Waals surface area contributed by atoms with Gasteiger partial charge in [0.2, 0.25) is 0 Å². The SMILES string of the molecule is COC(=O)c1c(C#N)ccc([N+](=O)[O-])c1C(F)F. The van der Waals surface area contributed by atoms with Gasteiger partial charge < -0.3 is 4.74 Å². The maximum atomic E-state index is 12.8. The second-order valence-corrected chi connectivity index (χ2v) is 3.08. The molecule has 18 heavy (non-hydrogen) atoms. The molecule has 8 heteroatoms. The van der Waals surface area contributed by atoms with Crippen LogP contribution in [0.25, 0.3) is 0 Å². The molecule has 6 nitrogen and oxygen atoms in total. The second kappa shape index (κ2) is 5.18. The fourth-order valence-corrected chi connectivity index (χ4v) is 1.40. The largest absolute Gasteiger partial charge is 0.465 e. The van der Waals surface area contributed by atoms with Crippen molar-refractivity contribution in [1.29, 1.82) is 5.26 Å². The second-order valence-electron chi connectivity index (χ2n) is 3.08. The first-order chi connectivity index (χ1) is 8.43. The number of carbonyl (C=O) groups excluding carboxylic acids is 1. The first-order valence-corrected chi connectivity index (χ1v) is 4.51.